The van der Waals surface area contributed by atoms with E-state index in [0.717, 1.165) is 30.8 Å². The van der Waals surface area contributed by atoms with E-state index >= 15 is 0 Å². The van der Waals surface area contributed by atoms with Gasteiger partial charge in [-0.3, -0.25) is 9.67 Å². The summed E-state index contributed by atoms with van der Waals surface area (Å²) in [7, 11) is 0. The van der Waals surface area contributed by atoms with Crippen molar-refractivity contribution in [3.05, 3.63) is 35.9 Å². The number of aliphatic hydroxyl groups excluding tert-OH is 1. The number of hydrogen-bond donors (Lipinski definition) is 1. The monoisotopic (exact) mass is 247 g/mol. The highest BCUT2D eigenvalue weighted by molar-refractivity contribution is 5.54. The van der Waals surface area contributed by atoms with Gasteiger partial charge in [-0.25, -0.2) is 4.39 Å². The number of hydrogen-bond acceptors (Lipinski definition) is 3. The highest BCUT2D eigenvalue weighted by Gasteiger charge is 2.20. The van der Waals surface area contributed by atoms with Crippen molar-refractivity contribution in [3.63, 3.8) is 0 Å². The summed E-state index contributed by atoms with van der Waals surface area (Å²) < 4.78 is 14.7. The zero-order chi connectivity index (χ0) is 12.5. The molecule has 0 amide bonds. The smallest absolute Gasteiger partial charge is 0.141 e. The molecule has 1 aliphatic rings. The Morgan fingerprint density at radius 1 is 1.39 bits per heavy atom. The van der Waals surface area contributed by atoms with Crippen molar-refractivity contribution in [3.8, 4) is 11.4 Å². The van der Waals surface area contributed by atoms with Gasteiger partial charge < -0.3 is 5.11 Å². The first-order valence-electron chi connectivity index (χ1n) is 6.06. The van der Waals surface area contributed by atoms with Crippen LogP contribution >= 0.6 is 0 Å². The number of pyridine rings is 1. The van der Waals surface area contributed by atoms with Crippen LogP contribution < -0.4 is 0 Å². The lowest BCUT2D eigenvalue weighted by molar-refractivity contribution is 0.186. The molecule has 3 rings (SSSR count). The van der Waals surface area contributed by atoms with Crippen LogP contribution in [0.1, 0.15) is 12.1 Å². The van der Waals surface area contributed by atoms with Crippen LogP contribution in [0.15, 0.2) is 24.4 Å². The van der Waals surface area contributed by atoms with Crippen LogP contribution in [0.4, 0.5) is 4.39 Å². The number of halogens is 1. The Hall–Kier alpha value is -1.75. The molecule has 1 atom stereocenters. The quantitative estimate of drug-likeness (QED) is 0.877. The first-order chi connectivity index (χ1) is 8.76. The van der Waals surface area contributed by atoms with Crippen molar-refractivity contribution in [2.75, 3.05) is 6.61 Å². The summed E-state index contributed by atoms with van der Waals surface area (Å²) in [5.41, 5.74) is 2.60. The molecule has 0 saturated heterocycles. The Morgan fingerprint density at radius 2 is 2.28 bits per heavy atom. The van der Waals surface area contributed by atoms with Gasteiger partial charge in [0.25, 0.3) is 0 Å². The van der Waals surface area contributed by atoms with Gasteiger partial charge in [-0.1, -0.05) is 0 Å². The SMILES string of the molecule is OCC1CCc2cc(-c3ccc(F)cn3)nn2C1. The molecular formula is C13H14FN3O. The van der Waals surface area contributed by atoms with E-state index in [2.05, 4.69) is 10.1 Å². The Balaban J connectivity index is 1.91. The maximum atomic E-state index is 12.8. The Kier molecular flexibility index (Phi) is 2.83. The summed E-state index contributed by atoms with van der Waals surface area (Å²) in [6.07, 6.45) is 3.10. The van der Waals surface area contributed by atoms with Crippen LogP contribution in [-0.2, 0) is 13.0 Å². The van der Waals surface area contributed by atoms with Gasteiger partial charge >= 0.3 is 0 Å². The molecule has 94 valence electrons. The fraction of sp³-hybridized carbons (Fsp3) is 0.385. The summed E-state index contributed by atoms with van der Waals surface area (Å²) in [6.45, 7) is 0.941. The molecular weight excluding hydrogens is 233 g/mol. The van der Waals surface area contributed by atoms with E-state index in [1.54, 1.807) is 6.07 Å². The second kappa shape index (κ2) is 4.49. The third-order valence-corrected chi connectivity index (χ3v) is 3.35. The largest absolute Gasteiger partial charge is 0.396 e. The molecule has 0 saturated carbocycles. The summed E-state index contributed by atoms with van der Waals surface area (Å²) >= 11 is 0. The number of aryl methyl sites for hydroxylation is 1. The Labute approximate surface area is 104 Å². The van der Waals surface area contributed by atoms with Crippen molar-refractivity contribution in [2.45, 2.75) is 19.4 Å². The van der Waals surface area contributed by atoms with Crippen LogP contribution in [0, 0.1) is 11.7 Å². The summed E-state index contributed by atoms with van der Waals surface area (Å²) in [4.78, 5) is 4.03. The van der Waals surface area contributed by atoms with E-state index < -0.39 is 0 Å². The van der Waals surface area contributed by atoms with Crippen molar-refractivity contribution in [1.29, 1.82) is 0 Å². The highest BCUT2D eigenvalue weighted by atomic mass is 19.1. The fourth-order valence-electron chi connectivity index (χ4n) is 2.30. The van der Waals surface area contributed by atoms with E-state index in [1.165, 1.54) is 12.3 Å². The molecule has 3 heterocycles. The predicted octanol–water partition coefficient (Wildman–Crippen LogP) is 1.64. The molecule has 0 aromatic carbocycles. The van der Waals surface area contributed by atoms with Gasteiger partial charge in [-0.2, -0.15) is 5.10 Å². The Bertz CT molecular complexity index is 550. The van der Waals surface area contributed by atoms with Gasteiger partial charge in [0, 0.05) is 24.8 Å². The molecule has 1 N–H and O–H groups in total. The minimum atomic E-state index is -0.344. The lowest BCUT2D eigenvalue weighted by Gasteiger charge is -2.21. The van der Waals surface area contributed by atoms with Crippen LogP contribution in [-0.4, -0.2) is 26.5 Å². The topological polar surface area (TPSA) is 50.9 Å². The van der Waals surface area contributed by atoms with Crippen LogP contribution in [0.2, 0.25) is 0 Å². The molecule has 1 aliphatic heterocycles. The first-order valence-corrected chi connectivity index (χ1v) is 6.06. The van der Waals surface area contributed by atoms with Crippen molar-refractivity contribution in [2.24, 2.45) is 5.92 Å². The molecule has 18 heavy (non-hydrogen) atoms. The third-order valence-electron chi connectivity index (χ3n) is 3.35. The molecule has 2 aromatic rings. The van der Waals surface area contributed by atoms with Crippen LogP contribution in [0.25, 0.3) is 11.4 Å². The van der Waals surface area contributed by atoms with Crippen molar-refractivity contribution in [1.82, 2.24) is 14.8 Å². The number of aromatic nitrogens is 3. The van der Waals surface area contributed by atoms with Gasteiger partial charge in [-0.05, 0) is 31.0 Å². The molecule has 0 fully saturated rings. The van der Waals surface area contributed by atoms with E-state index in [-0.39, 0.29) is 18.3 Å². The van der Waals surface area contributed by atoms with Crippen molar-refractivity contribution >= 4 is 0 Å². The number of fused-ring (bicyclic) bond motifs is 1. The highest BCUT2D eigenvalue weighted by Crippen LogP contribution is 2.24. The zero-order valence-corrected chi connectivity index (χ0v) is 9.88. The van der Waals surface area contributed by atoms with E-state index in [9.17, 15) is 9.50 Å². The van der Waals surface area contributed by atoms with Crippen molar-refractivity contribution < 1.29 is 9.50 Å². The van der Waals surface area contributed by atoms with E-state index in [0.29, 0.717) is 5.69 Å². The lowest BCUT2D eigenvalue weighted by atomic mass is 9.99. The van der Waals surface area contributed by atoms with Crippen LogP contribution in [0.5, 0.6) is 0 Å². The standard InChI is InChI=1S/C13H14FN3O/c14-10-2-4-12(15-6-10)13-5-11-3-1-9(8-18)7-17(11)16-13/h2,4-6,9,18H,1,3,7-8H2. The fourth-order valence-corrected chi connectivity index (χ4v) is 2.30. The number of nitrogens with zero attached hydrogens (tertiary/aromatic N) is 3. The maximum absolute atomic E-state index is 12.8. The normalized spacial score (nSPS) is 18.7. The van der Waals surface area contributed by atoms with E-state index in [4.69, 9.17) is 0 Å². The summed E-state index contributed by atoms with van der Waals surface area (Å²) in [5, 5.41) is 13.6. The second-order valence-corrected chi connectivity index (χ2v) is 4.65. The lowest BCUT2D eigenvalue weighted by Crippen LogP contribution is -2.23. The number of aliphatic hydroxyl groups is 1. The first kappa shape index (κ1) is 11.3. The maximum Gasteiger partial charge on any atom is 0.141 e. The van der Waals surface area contributed by atoms with E-state index in [1.807, 2.05) is 10.7 Å². The minimum absolute atomic E-state index is 0.198. The molecule has 1 unspecified atom stereocenters. The molecule has 0 bridgehead atoms. The molecule has 0 radical (unpaired) electrons. The molecule has 4 nitrogen and oxygen atoms in total. The zero-order valence-electron chi connectivity index (χ0n) is 9.88. The Morgan fingerprint density at radius 3 is 3.00 bits per heavy atom. The molecule has 0 spiro atoms. The predicted molar refractivity (Wildman–Crippen MR) is 64.3 cm³/mol. The van der Waals surface area contributed by atoms with Gasteiger partial charge in [0.1, 0.15) is 11.5 Å². The van der Waals surface area contributed by atoms with Gasteiger partial charge in [-0.15, -0.1) is 0 Å². The molecule has 5 heteroatoms. The molecule has 2 aromatic heterocycles. The second-order valence-electron chi connectivity index (χ2n) is 4.65. The summed E-state index contributed by atoms with van der Waals surface area (Å²) in [5.74, 6) is -0.0607. The molecule has 0 aliphatic carbocycles. The average molecular weight is 247 g/mol. The average Bonchev–Trinajstić information content (AvgIpc) is 2.82. The van der Waals surface area contributed by atoms with Gasteiger partial charge in [0.2, 0.25) is 0 Å². The summed E-state index contributed by atoms with van der Waals surface area (Å²) in [6, 6.07) is 5.01. The minimum Gasteiger partial charge on any atom is -0.396 e. The third kappa shape index (κ3) is 2.01. The van der Waals surface area contributed by atoms with Gasteiger partial charge in [0.15, 0.2) is 0 Å². The van der Waals surface area contributed by atoms with Gasteiger partial charge in [0.05, 0.1) is 11.9 Å². The van der Waals surface area contributed by atoms with Crippen LogP contribution in [0.3, 0.4) is 0 Å². The number of rotatable bonds is 2.